The van der Waals surface area contributed by atoms with Gasteiger partial charge in [-0.15, -0.1) is 16.4 Å². The van der Waals surface area contributed by atoms with Crippen LogP contribution >= 0.6 is 27.3 Å². The minimum Gasteiger partial charge on any atom is -0.322 e. The van der Waals surface area contributed by atoms with Gasteiger partial charge in [0.15, 0.2) is 0 Å². The zero-order valence-electron chi connectivity index (χ0n) is 10.9. The molecule has 0 atom stereocenters. The fraction of sp³-hybridized carbons (Fsp3) is 0.0769. The number of nitrogens with zero attached hydrogens (tertiary/aromatic N) is 4. The van der Waals surface area contributed by atoms with E-state index in [1.807, 2.05) is 25.1 Å². The number of carbonyl (C=O) groups is 1. The van der Waals surface area contributed by atoms with E-state index in [0.717, 1.165) is 15.0 Å². The first-order chi connectivity index (χ1) is 10.1. The molecule has 0 spiro atoms. The third-order valence-corrected chi connectivity index (χ3v) is 4.40. The van der Waals surface area contributed by atoms with E-state index in [-0.39, 0.29) is 5.91 Å². The number of benzene rings is 1. The van der Waals surface area contributed by atoms with Crippen molar-refractivity contribution in [3.05, 3.63) is 50.9 Å². The molecule has 3 aromatic rings. The zero-order valence-corrected chi connectivity index (χ0v) is 13.3. The summed E-state index contributed by atoms with van der Waals surface area (Å²) in [5.41, 5.74) is 3.15. The maximum Gasteiger partial charge on any atom is 0.256 e. The van der Waals surface area contributed by atoms with Crippen LogP contribution in [0.1, 0.15) is 15.9 Å². The molecule has 21 heavy (non-hydrogen) atoms. The molecule has 0 saturated carbocycles. The lowest BCUT2D eigenvalue weighted by Gasteiger charge is -2.09. The van der Waals surface area contributed by atoms with E-state index < -0.39 is 0 Å². The molecule has 0 unspecified atom stereocenters. The van der Waals surface area contributed by atoms with Crippen LogP contribution in [-0.2, 0) is 0 Å². The van der Waals surface area contributed by atoms with E-state index in [1.54, 1.807) is 16.1 Å². The van der Waals surface area contributed by atoms with Crippen LogP contribution in [0.5, 0.6) is 0 Å². The molecule has 0 saturated heterocycles. The van der Waals surface area contributed by atoms with E-state index >= 15 is 0 Å². The first-order valence-corrected chi connectivity index (χ1v) is 7.70. The molecule has 2 aromatic heterocycles. The molecule has 1 aromatic carbocycles. The summed E-state index contributed by atoms with van der Waals surface area (Å²) in [5, 5.41) is 15.8. The number of aryl methyl sites for hydroxylation is 1. The Morgan fingerprint density at radius 2 is 2.24 bits per heavy atom. The number of aromatic nitrogens is 4. The molecule has 106 valence electrons. The van der Waals surface area contributed by atoms with E-state index in [4.69, 9.17) is 0 Å². The number of nitrogens with one attached hydrogen (secondary N) is 1. The molecule has 1 N–H and O–H groups in total. The molecule has 0 radical (unpaired) electrons. The normalized spacial score (nSPS) is 10.6. The number of tetrazole rings is 1. The molecule has 8 heteroatoms. The Morgan fingerprint density at radius 1 is 1.38 bits per heavy atom. The Morgan fingerprint density at radius 3 is 2.90 bits per heavy atom. The lowest BCUT2D eigenvalue weighted by atomic mass is 10.1. The van der Waals surface area contributed by atoms with Crippen molar-refractivity contribution in [2.75, 3.05) is 5.32 Å². The number of halogens is 1. The highest BCUT2D eigenvalue weighted by atomic mass is 79.9. The molecule has 0 bridgehead atoms. The van der Waals surface area contributed by atoms with Gasteiger partial charge >= 0.3 is 0 Å². The maximum atomic E-state index is 12.1. The second-order valence-electron chi connectivity index (χ2n) is 4.35. The van der Waals surface area contributed by atoms with Crippen molar-refractivity contribution in [2.45, 2.75) is 6.92 Å². The number of amides is 1. The predicted molar refractivity (Wildman–Crippen MR) is 83.9 cm³/mol. The molecule has 3 rings (SSSR count). The second-order valence-corrected chi connectivity index (χ2v) is 6.64. The van der Waals surface area contributed by atoms with Gasteiger partial charge in [-0.1, -0.05) is 6.07 Å². The Balaban J connectivity index is 1.86. The van der Waals surface area contributed by atoms with E-state index in [9.17, 15) is 4.79 Å². The van der Waals surface area contributed by atoms with Crippen molar-refractivity contribution in [1.29, 1.82) is 0 Å². The highest BCUT2D eigenvalue weighted by molar-refractivity contribution is 9.11. The van der Waals surface area contributed by atoms with Crippen molar-refractivity contribution in [1.82, 2.24) is 20.2 Å². The van der Waals surface area contributed by atoms with Crippen molar-refractivity contribution in [3.8, 4) is 5.69 Å². The molecule has 0 aliphatic heterocycles. The molecular formula is C13H10BrN5OS. The fourth-order valence-electron chi connectivity index (χ4n) is 1.84. The van der Waals surface area contributed by atoms with Gasteiger partial charge in [-0.25, -0.2) is 4.68 Å². The molecule has 0 aliphatic rings. The number of carbonyl (C=O) groups excluding carboxylic acids is 1. The van der Waals surface area contributed by atoms with Gasteiger partial charge in [0.05, 0.1) is 15.0 Å². The van der Waals surface area contributed by atoms with E-state index in [0.29, 0.717) is 11.3 Å². The Kier molecular flexibility index (Phi) is 3.80. The SMILES string of the molecule is Cc1ccc(NC(=O)c2csc(Br)c2)cc1-n1cnnn1. The third-order valence-electron chi connectivity index (χ3n) is 2.89. The maximum absolute atomic E-state index is 12.1. The van der Waals surface area contributed by atoms with Crippen molar-refractivity contribution in [3.63, 3.8) is 0 Å². The second kappa shape index (κ2) is 5.74. The largest absolute Gasteiger partial charge is 0.322 e. The van der Waals surface area contributed by atoms with Gasteiger partial charge in [-0.05, 0) is 57.0 Å². The summed E-state index contributed by atoms with van der Waals surface area (Å²) in [7, 11) is 0. The van der Waals surface area contributed by atoms with Gasteiger partial charge in [0.1, 0.15) is 6.33 Å². The van der Waals surface area contributed by atoms with Crippen LogP contribution in [0.2, 0.25) is 0 Å². The monoisotopic (exact) mass is 363 g/mol. The lowest BCUT2D eigenvalue weighted by molar-refractivity contribution is 0.102. The highest BCUT2D eigenvalue weighted by Crippen LogP contribution is 2.23. The number of hydrogen-bond donors (Lipinski definition) is 1. The molecular weight excluding hydrogens is 354 g/mol. The van der Waals surface area contributed by atoms with E-state index in [1.165, 1.54) is 17.7 Å². The number of thiophene rings is 1. The van der Waals surface area contributed by atoms with Crippen LogP contribution in [-0.4, -0.2) is 26.1 Å². The summed E-state index contributed by atoms with van der Waals surface area (Å²) in [6.45, 7) is 1.96. The van der Waals surface area contributed by atoms with Crippen LogP contribution in [0.25, 0.3) is 5.69 Å². The number of anilines is 1. The minimum atomic E-state index is -0.150. The fourth-order valence-corrected chi connectivity index (χ4v) is 2.97. The number of hydrogen-bond acceptors (Lipinski definition) is 5. The van der Waals surface area contributed by atoms with Crippen LogP contribution in [0.15, 0.2) is 39.8 Å². The number of rotatable bonds is 3. The smallest absolute Gasteiger partial charge is 0.256 e. The quantitative estimate of drug-likeness (QED) is 0.775. The molecule has 0 aliphatic carbocycles. The lowest BCUT2D eigenvalue weighted by Crippen LogP contribution is -2.11. The van der Waals surface area contributed by atoms with Crippen molar-refractivity contribution < 1.29 is 4.79 Å². The summed E-state index contributed by atoms with van der Waals surface area (Å²) >= 11 is 4.82. The average Bonchev–Trinajstić information content (AvgIpc) is 3.12. The van der Waals surface area contributed by atoms with Gasteiger partial charge in [0, 0.05) is 11.1 Å². The summed E-state index contributed by atoms with van der Waals surface area (Å²) in [5.74, 6) is -0.150. The van der Waals surface area contributed by atoms with Gasteiger partial charge in [-0.3, -0.25) is 4.79 Å². The highest BCUT2D eigenvalue weighted by Gasteiger charge is 2.10. The minimum absolute atomic E-state index is 0.150. The van der Waals surface area contributed by atoms with Gasteiger partial charge < -0.3 is 5.32 Å². The van der Waals surface area contributed by atoms with Gasteiger partial charge in [0.25, 0.3) is 5.91 Å². The van der Waals surface area contributed by atoms with Crippen LogP contribution in [0.3, 0.4) is 0 Å². The van der Waals surface area contributed by atoms with Crippen LogP contribution < -0.4 is 5.32 Å². The van der Waals surface area contributed by atoms with Crippen molar-refractivity contribution >= 4 is 38.9 Å². The summed E-state index contributed by atoms with van der Waals surface area (Å²) in [6, 6.07) is 7.39. The standard InChI is InChI=1S/C13H10BrN5OS/c1-8-2-3-10(5-11(8)19-7-15-17-18-19)16-13(20)9-4-12(14)21-6-9/h2-7H,1H3,(H,16,20). The van der Waals surface area contributed by atoms with Gasteiger partial charge in [0.2, 0.25) is 0 Å². The average molecular weight is 364 g/mol. The first kappa shape index (κ1) is 13.9. The Hall–Kier alpha value is -2.06. The third kappa shape index (κ3) is 3.01. The van der Waals surface area contributed by atoms with Crippen LogP contribution in [0, 0.1) is 6.92 Å². The summed E-state index contributed by atoms with van der Waals surface area (Å²) < 4.78 is 2.48. The van der Waals surface area contributed by atoms with Gasteiger partial charge in [-0.2, -0.15) is 0 Å². The molecule has 0 fully saturated rings. The van der Waals surface area contributed by atoms with E-state index in [2.05, 4.69) is 36.8 Å². The first-order valence-electron chi connectivity index (χ1n) is 6.03. The molecule has 6 nitrogen and oxygen atoms in total. The summed E-state index contributed by atoms with van der Waals surface area (Å²) in [4.78, 5) is 12.1. The zero-order chi connectivity index (χ0) is 14.8. The van der Waals surface area contributed by atoms with Crippen LogP contribution in [0.4, 0.5) is 5.69 Å². The molecule has 1 amide bonds. The van der Waals surface area contributed by atoms with Crippen molar-refractivity contribution in [2.24, 2.45) is 0 Å². The predicted octanol–water partition coefficient (Wildman–Crippen LogP) is 3.05. The summed E-state index contributed by atoms with van der Waals surface area (Å²) in [6.07, 6.45) is 1.52. The molecule has 2 heterocycles. The topological polar surface area (TPSA) is 72.7 Å². The Labute approximate surface area is 132 Å². The Bertz CT molecular complexity index is 784.